The summed E-state index contributed by atoms with van der Waals surface area (Å²) in [4.78, 5) is 28.5. The van der Waals surface area contributed by atoms with Gasteiger partial charge in [-0.05, 0) is 31.2 Å². The van der Waals surface area contributed by atoms with Gasteiger partial charge in [-0.3, -0.25) is 4.79 Å². The largest absolute Gasteiger partial charge is 0.496 e. The number of hydrogen-bond donors (Lipinski definition) is 1. The fourth-order valence-electron chi connectivity index (χ4n) is 2.14. The predicted molar refractivity (Wildman–Crippen MR) is 79.3 cm³/mol. The monoisotopic (exact) mass is 288 g/mol. The molecule has 0 unspecified atom stereocenters. The summed E-state index contributed by atoms with van der Waals surface area (Å²) in [5.41, 5.74) is -0.343. The topological polar surface area (TPSA) is 64.1 Å². The van der Waals surface area contributed by atoms with Crippen LogP contribution in [0.1, 0.15) is 4.88 Å². The molecule has 2 heterocycles. The van der Waals surface area contributed by atoms with Crippen LogP contribution in [0.2, 0.25) is 0 Å². The van der Waals surface area contributed by atoms with E-state index in [1.54, 1.807) is 24.3 Å². The number of ether oxygens (including phenoxy) is 1. The first-order valence-corrected chi connectivity index (χ1v) is 6.82. The zero-order valence-corrected chi connectivity index (χ0v) is 11.8. The molecule has 0 fully saturated rings. The van der Waals surface area contributed by atoms with Crippen molar-refractivity contribution in [3.05, 3.63) is 56.0 Å². The Morgan fingerprint density at radius 1 is 1.20 bits per heavy atom. The molecule has 0 bridgehead atoms. The van der Waals surface area contributed by atoms with E-state index in [-0.39, 0.29) is 5.56 Å². The fourth-order valence-corrected chi connectivity index (χ4v) is 3.00. The molecule has 0 saturated carbocycles. The van der Waals surface area contributed by atoms with Crippen molar-refractivity contribution in [3.63, 3.8) is 0 Å². The van der Waals surface area contributed by atoms with E-state index in [0.717, 1.165) is 9.44 Å². The van der Waals surface area contributed by atoms with E-state index >= 15 is 0 Å². The van der Waals surface area contributed by atoms with Gasteiger partial charge in [0.25, 0.3) is 5.56 Å². The van der Waals surface area contributed by atoms with Crippen LogP contribution in [0, 0.1) is 6.92 Å². The van der Waals surface area contributed by atoms with Crippen molar-refractivity contribution < 1.29 is 4.74 Å². The van der Waals surface area contributed by atoms with Crippen molar-refractivity contribution in [2.24, 2.45) is 0 Å². The Labute approximate surface area is 118 Å². The van der Waals surface area contributed by atoms with E-state index in [2.05, 4.69) is 4.98 Å². The molecule has 0 aliphatic heterocycles. The molecule has 1 N–H and O–H groups in total. The van der Waals surface area contributed by atoms with Gasteiger partial charge in [-0.1, -0.05) is 6.07 Å². The van der Waals surface area contributed by atoms with Crippen LogP contribution in [0.4, 0.5) is 0 Å². The third-order valence-electron chi connectivity index (χ3n) is 3.05. The first-order chi connectivity index (χ1) is 9.61. The van der Waals surface area contributed by atoms with Gasteiger partial charge in [-0.15, -0.1) is 11.3 Å². The Balaban J connectivity index is 2.45. The maximum Gasteiger partial charge on any atom is 0.334 e. The fraction of sp³-hybridized carbons (Fsp3) is 0.143. The van der Waals surface area contributed by atoms with Crippen LogP contribution < -0.4 is 16.0 Å². The molecule has 0 aliphatic carbocycles. The van der Waals surface area contributed by atoms with Gasteiger partial charge in [0.15, 0.2) is 0 Å². The normalized spacial score (nSPS) is 10.9. The van der Waals surface area contributed by atoms with Gasteiger partial charge in [0.2, 0.25) is 0 Å². The number of H-pyrrole nitrogens is 1. The minimum atomic E-state index is -0.447. The molecule has 0 aliphatic rings. The summed E-state index contributed by atoms with van der Waals surface area (Å²) in [6.07, 6.45) is 0. The third kappa shape index (κ3) is 1.85. The average molecular weight is 288 g/mol. The lowest BCUT2D eigenvalue weighted by molar-refractivity contribution is 0.419. The van der Waals surface area contributed by atoms with Crippen LogP contribution in [-0.2, 0) is 0 Å². The molecule has 102 valence electrons. The number of nitrogens with one attached hydrogen (secondary N) is 1. The van der Waals surface area contributed by atoms with Crippen LogP contribution >= 0.6 is 11.3 Å². The highest BCUT2D eigenvalue weighted by Gasteiger charge is 2.14. The molecule has 1 aromatic carbocycles. The minimum Gasteiger partial charge on any atom is -0.496 e. The molecular formula is C14H12N2O3S. The number of aryl methyl sites for hydroxylation is 1. The van der Waals surface area contributed by atoms with E-state index in [9.17, 15) is 9.59 Å². The number of benzene rings is 1. The van der Waals surface area contributed by atoms with Gasteiger partial charge in [-0.25, -0.2) is 9.36 Å². The van der Waals surface area contributed by atoms with Gasteiger partial charge in [0.1, 0.15) is 16.1 Å². The van der Waals surface area contributed by atoms with Crippen molar-refractivity contribution in [2.45, 2.75) is 6.92 Å². The summed E-state index contributed by atoms with van der Waals surface area (Å²) in [6.45, 7) is 1.93. The van der Waals surface area contributed by atoms with Crippen molar-refractivity contribution in [2.75, 3.05) is 7.11 Å². The number of methoxy groups -OCH3 is 1. The lowest BCUT2D eigenvalue weighted by atomic mass is 10.2. The Kier molecular flexibility index (Phi) is 2.94. The molecule has 2 aromatic heterocycles. The summed E-state index contributed by atoms with van der Waals surface area (Å²) in [5, 5.41) is 0.974. The van der Waals surface area contributed by atoms with E-state index in [4.69, 9.17) is 4.74 Å². The Hall–Kier alpha value is -2.34. The second-order valence-electron chi connectivity index (χ2n) is 4.34. The average Bonchev–Trinajstić information content (AvgIpc) is 2.84. The third-order valence-corrected chi connectivity index (χ3v) is 4.04. The zero-order chi connectivity index (χ0) is 14.3. The first-order valence-electron chi connectivity index (χ1n) is 6.00. The van der Waals surface area contributed by atoms with Crippen molar-refractivity contribution in [1.82, 2.24) is 9.55 Å². The van der Waals surface area contributed by atoms with Crippen molar-refractivity contribution >= 4 is 22.2 Å². The molecule has 0 atom stereocenters. The van der Waals surface area contributed by atoms with Gasteiger partial charge in [-0.2, -0.15) is 0 Å². The second kappa shape index (κ2) is 4.64. The van der Waals surface area contributed by atoms with Gasteiger partial charge in [0, 0.05) is 4.88 Å². The van der Waals surface area contributed by atoms with E-state index < -0.39 is 5.69 Å². The number of fused-ring (bicyclic) bond motifs is 1. The van der Waals surface area contributed by atoms with E-state index in [1.165, 1.54) is 18.4 Å². The Morgan fingerprint density at radius 3 is 2.65 bits per heavy atom. The quantitative estimate of drug-likeness (QED) is 0.785. The summed E-state index contributed by atoms with van der Waals surface area (Å²) in [5.74, 6) is 0.450. The maximum absolute atomic E-state index is 12.6. The van der Waals surface area contributed by atoms with Crippen LogP contribution in [-0.4, -0.2) is 16.7 Å². The first kappa shape index (κ1) is 12.7. The second-order valence-corrected chi connectivity index (χ2v) is 5.60. The molecule has 3 rings (SSSR count). The van der Waals surface area contributed by atoms with Gasteiger partial charge < -0.3 is 9.72 Å². The zero-order valence-electron chi connectivity index (χ0n) is 11.0. The summed E-state index contributed by atoms with van der Waals surface area (Å²) < 4.78 is 6.35. The summed E-state index contributed by atoms with van der Waals surface area (Å²) in [7, 11) is 1.50. The molecule has 20 heavy (non-hydrogen) atoms. The van der Waals surface area contributed by atoms with Gasteiger partial charge >= 0.3 is 5.69 Å². The molecule has 0 saturated heterocycles. The summed E-state index contributed by atoms with van der Waals surface area (Å²) >= 11 is 1.39. The standard InChI is InChI=1S/C14H12N2O3S/c1-8-6-7-11(20-8)16-13(17)12-9(15-14(16)18)4-3-5-10(12)19-2/h3-7H,1-2H3,(H,15,18). The Morgan fingerprint density at radius 2 is 2.00 bits per heavy atom. The highest BCUT2D eigenvalue weighted by molar-refractivity contribution is 7.14. The predicted octanol–water partition coefficient (Wildman–Crippen LogP) is 2.06. The smallest absolute Gasteiger partial charge is 0.334 e. The summed E-state index contributed by atoms with van der Waals surface area (Å²) in [6, 6.07) is 8.75. The lowest BCUT2D eigenvalue weighted by Gasteiger charge is -2.07. The molecule has 3 aromatic rings. The molecule has 0 spiro atoms. The molecule has 0 radical (unpaired) electrons. The van der Waals surface area contributed by atoms with Gasteiger partial charge in [0.05, 0.1) is 12.6 Å². The minimum absolute atomic E-state index is 0.372. The molecule has 6 heteroatoms. The van der Waals surface area contributed by atoms with Crippen LogP contribution in [0.5, 0.6) is 5.75 Å². The highest BCUT2D eigenvalue weighted by atomic mass is 32.1. The molecule has 0 amide bonds. The number of aromatic amines is 1. The van der Waals surface area contributed by atoms with Crippen molar-refractivity contribution in [3.8, 4) is 10.8 Å². The van der Waals surface area contributed by atoms with Crippen LogP contribution in [0.3, 0.4) is 0 Å². The highest BCUT2D eigenvalue weighted by Crippen LogP contribution is 2.21. The number of hydrogen-bond acceptors (Lipinski definition) is 4. The van der Waals surface area contributed by atoms with E-state index in [0.29, 0.717) is 21.7 Å². The van der Waals surface area contributed by atoms with Crippen molar-refractivity contribution in [1.29, 1.82) is 0 Å². The SMILES string of the molecule is COc1cccc2[nH]c(=O)n(-c3ccc(C)s3)c(=O)c12. The Bertz CT molecular complexity index is 905. The maximum atomic E-state index is 12.6. The number of rotatable bonds is 2. The molecule has 5 nitrogen and oxygen atoms in total. The van der Waals surface area contributed by atoms with Crippen LogP contribution in [0.25, 0.3) is 15.9 Å². The number of thiophene rings is 1. The number of nitrogens with zero attached hydrogens (tertiary/aromatic N) is 1. The molecular weight excluding hydrogens is 276 g/mol. The number of aromatic nitrogens is 2. The van der Waals surface area contributed by atoms with E-state index in [1.807, 2.05) is 13.0 Å². The lowest BCUT2D eigenvalue weighted by Crippen LogP contribution is -2.33. The van der Waals surface area contributed by atoms with Crippen LogP contribution in [0.15, 0.2) is 39.9 Å².